The maximum Gasteiger partial charge on any atom is 0.0628 e. The predicted octanol–water partition coefficient (Wildman–Crippen LogP) is 11.2. The lowest BCUT2D eigenvalue weighted by atomic mass is 9.78. The summed E-state index contributed by atoms with van der Waals surface area (Å²) in [4.78, 5) is 0. The first-order valence-electron chi connectivity index (χ1n) is 17.1. The zero-order chi connectivity index (χ0) is 28.5. The third-order valence-corrected chi connectivity index (χ3v) is 8.10. The van der Waals surface area contributed by atoms with E-state index in [1.54, 1.807) is 0 Å². The maximum absolute atomic E-state index is 9.43. The van der Waals surface area contributed by atoms with Gasteiger partial charge in [0.25, 0.3) is 0 Å². The molecule has 0 aromatic heterocycles. The molecule has 0 radical (unpaired) electrons. The van der Waals surface area contributed by atoms with Crippen molar-refractivity contribution in [3.63, 3.8) is 0 Å². The van der Waals surface area contributed by atoms with Crippen LogP contribution in [-0.2, 0) is 9.47 Å². The van der Waals surface area contributed by atoms with Crippen molar-refractivity contribution in [1.29, 1.82) is 10.5 Å². The molecule has 4 nitrogen and oxygen atoms in total. The molecule has 0 fully saturated rings. The number of hydrogen-bond acceptors (Lipinski definition) is 4. The van der Waals surface area contributed by atoms with E-state index >= 15 is 0 Å². The van der Waals surface area contributed by atoms with Crippen LogP contribution in [0.15, 0.2) is 0 Å². The lowest BCUT2D eigenvalue weighted by Gasteiger charge is -2.29. The van der Waals surface area contributed by atoms with Crippen LogP contribution in [0.25, 0.3) is 0 Å². The first-order valence-corrected chi connectivity index (χ1v) is 17.1. The van der Waals surface area contributed by atoms with Gasteiger partial charge in [-0.1, -0.05) is 142 Å². The van der Waals surface area contributed by atoms with Gasteiger partial charge in [0.05, 0.1) is 18.7 Å². The summed E-state index contributed by atoms with van der Waals surface area (Å²) in [5, 5.41) is 18.9. The summed E-state index contributed by atoms with van der Waals surface area (Å²) in [7, 11) is 0. The quantitative estimate of drug-likeness (QED) is 0.0787. The minimum atomic E-state index is -0.286. The molecule has 0 aliphatic heterocycles. The van der Waals surface area contributed by atoms with Gasteiger partial charge < -0.3 is 9.47 Å². The van der Waals surface area contributed by atoms with Crippen LogP contribution in [0.5, 0.6) is 0 Å². The SMILES string of the molecule is CCCCCCCCCCCCCCOCC(CC#N)(CC#N)CCCCCCCCOCCCCCCC. The molecule has 0 saturated carbocycles. The normalized spacial score (nSPS) is 11.5. The first-order chi connectivity index (χ1) is 19.2. The van der Waals surface area contributed by atoms with Gasteiger partial charge in [-0.3, -0.25) is 0 Å². The van der Waals surface area contributed by atoms with Gasteiger partial charge in [0, 0.05) is 38.1 Å². The molecule has 228 valence electrons. The van der Waals surface area contributed by atoms with Crippen LogP contribution >= 0.6 is 0 Å². The topological polar surface area (TPSA) is 66.0 Å². The van der Waals surface area contributed by atoms with Crippen molar-refractivity contribution in [3.05, 3.63) is 0 Å². The summed E-state index contributed by atoms with van der Waals surface area (Å²) in [6.45, 7) is 7.67. The molecule has 0 aliphatic rings. The van der Waals surface area contributed by atoms with Crippen molar-refractivity contribution >= 4 is 0 Å². The van der Waals surface area contributed by atoms with Crippen molar-refractivity contribution in [2.24, 2.45) is 5.41 Å². The van der Waals surface area contributed by atoms with E-state index in [0.29, 0.717) is 19.4 Å². The number of hydrogen-bond donors (Lipinski definition) is 0. The van der Waals surface area contributed by atoms with Crippen molar-refractivity contribution < 1.29 is 9.47 Å². The molecule has 0 spiro atoms. The number of nitrogens with zero attached hydrogens (tertiary/aromatic N) is 2. The second-order valence-electron chi connectivity index (χ2n) is 12.0. The Bertz CT molecular complexity index is 516. The highest BCUT2D eigenvalue weighted by atomic mass is 16.5. The van der Waals surface area contributed by atoms with Gasteiger partial charge in [-0.2, -0.15) is 10.5 Å². The number of unbranched alkanes of at least 4 members (excludes halogenated alkanes) is 20. The summed E-state index contributed by atoms with van der Waals surface area (Å²) >= 11 is 0. The second kappa shape index (κ2) is 31.4. The fourth-order valence-corrected chi connectivity index (χ4v) is 5.40. The Balaban J connectivity index is 3.80. The van der Waals surface area contributed by atoms with Crippen molar-refractivity contribution in [1.82, 2.24) is 0 Å². The van der Waals surface area contributed by atoms with E-state index in [-0.39, 0.29) is 5.41 Å². The van der Waals surface area contributed by atoms with Gasteiger partial charge in [-0.05, 0) is 25.7 Å². The van der Waals surface area contributed by atoms with Gasteiger partial charge in [-0.15, -0.1) is 0 Å². The average Bonchev–Trinajstić information content (AvgIpc) is 2.93. The van der Waals surface area contributed by atoms with Crippen molar-refractivity contribution in [2.75, 3.05) is 26.4 Å². The van der Waals surface area contributed by atoms with E-state index in [4.69, 9.17) is 9.47 Å². The Morgan fingerprint density at radius 3 is 1.15 bits per heavy atom. The fraction of sp³-hybridized carbons (Fsp3) is 0.943. The van der Waals surface area contributed by atoms with Gasteiger partial charge in [0.2, 0.25) is 0 Å². The van der Waals surface area contributed by atoms with Crippen LogP contribution < -0.4 is 0 Å². The number of ether oxygens (including phenoxy) is 2. The highest BCUT2D eigenvalue weighted by Gasteiger charge is 2.30. The summed E-state index contributed by atoms with van der Waals surface area (Å²) < 4.78 is 11.8. The monoisotopic (exact) mass is 547 g/mol. The molecule has 4 heteroatoms. The molecule has 0 amide bonds. The molecule has 0 saturated heterocycles. The average molecular weight is 547 g/mol. The highest BCUT2D eigenvalue weighted by Crippen LogP contribution is 2.33. The molecule has 0 bridgehead atoms. The minimum absolute atomic E-state index is 0.286. The molecular formula is C35H66N2O2. The molecule has 0 heterocycles. The summed E-state index contributed by atoms with van der Waals surface area (Å²) in [5.74, 6) is 0. The molecular weight excluding hydrogens is 480 g/mol. The van der Waals surface area contributed by atoms with E-state index in [0.717, 1.165) is 45.5 Å². The molecule has 0 unspecified atom stereocenters. The smallest absolute Gasteiger partial charge is 0.0628 e. The molecule has 0 aromatic rings. The molecule has 0 aliphatic carbocycles. The maximum atomic E-state index is 9.43. The van der Waals surface area contributed by atoms with Gasteiger partial charge in [0.15, 0.2) is 0 Å². The third-order valence-electron chi connectivity index (χ3n) is 8.10. The Hall–Kier alpha value is -1.10. The van der Waals surface area contributed by atoms with Gasteiger partial charge >= 0.3 is 0 Å². The van der Waals surface area contributed by atoms with Crippen LogP contribution in [0.4, 0.5) is 0 Å². The molecule has 39 heavy (non-hydrogen) atoms. The van der Waals surface area contributed by atoms with E-state index in [2.05, 4.69) is 26.0 Å². The second-order valence-corrected chi connectivity index (χ2v) is 12.0. The van der Waals surface area contributed by atoms with E-state index in [1.165, 1.54) is 128 Å². The molecule has 0 atom stereocenters. The molecule has 0 rings (SSSR count). The molecule has 0 N–H and O–H groups in total. The van der Waals surface area contributed by atoms with E-state index < -0.39 is 0 Å². The van der Waals surface area contributed by atoms with Gasteiger partial charge in [-0.25, -0.2) is 0 Å². The lowest BCUT2D eigenvalue weighted by molar-refractivity contribution is 0.0386. The standard InChI is InChI=1S/C35H66N2O2/c1-3-5-7-9-10-11-12-13-14-16-21-25-33-39-34-35(27-29-36,28-30-37)26-22-18-15-17-20-24-32-38-31-23-19-8-6-4-2/h3-28,31-34H2,1-2H3. The van der Waals surface area contributed by atoms with Gasteiger partial charge in [0.1, 0.15) is 0 Å². The van der Waals surface area contributed by atoms with Crippen LogP contribution in [0.1, 0.15) is 181 Å². The number of nitriles is 2. The van der Waals surface area contributed by atoms with Crippen LogP contribution in [0.3, 0.4) is 0 Å². The Kier molecular flexibility index (Phi) is 30.5. The highest BCUT2D eigenvalue weighted by molar-refractivity contribution is 4.95. The van der Waals surface area contributed by atoms with Crippen molar-refractivity contribution in [2.45, 2.75) is 181 Å². The Morgan fingerprint density at radius 1 is 0.436 bits per heavy atom. The lowest BCUT2D eigenvalue weighted by Crippen LogP contribution is -2.27. The summed E-state index contributed by atoms with van der Waals surface area (Å²) in [5.41, 5.74) is -0.286. The Labute approximate surface area is 244 Å². The summed E-state index contributed by atoms with van der Waals surface area (Å²) in [6.07, 6.45) is 31.5. The summed E-state index contributed by atoms with van der Waals surface area (Å²) in [6, 6.07) is 4.70. The third kappa shape index (κ3) is 26.9. The van der Waals surface area contributed by atoms with Crippen LogP contribution in [-0.4, -0.2) is 26.4 Å². The van der Waals surface area contributed by atoms with E-state index in [1.807, 2.05) is 0 Å². The largest absolute Gasteiger partial charge is 0.381 e. The van der Waals surface area contributed by atoms with Crippen LogP contribution in [0.2, 0.25) is 0 Å². The minimum Gasteiger partial charge on any atom is -0.381 e. The predicted molar refractivity (Wildman–Crippen MR) is 167 cm³/mol. The zero-order valence-corrected chi connectivity index (χ0v) is 26.4. The zero-order valence-electron chi connectivity index (χ0n) is 26.4. The fourth-order valence-electron chi connectivity index (χ4n) is 5.40. The number of rotatable bonds is 32. The van der Waals surface area contributed by atoms with Crippen LogP contribution in [0, 0.1) is 28.1 Å². The first kappa shape index (κ1) is 37.9. The van der Waals surface area contributed by atoms with E-state index in [9.17, 15) is 10.5 Å². The van der Waals surface area contributed by atoms with Crippen molar-refractivity contribution in [3.8, 4) is 12.1 Å². The molecule has 0 aromatic carbocycles. The Morgan fingerprint density at radius 2 is 0.769 bits per heavy atom.